The van der Waals surface area contributed by atoms with Crippen molar-refractivity contribution in [2.75, 3.05) is 19.8 Å². The van der Waals surface area contributed by atoms with Crippen LogP contribution in [0.1, 0.15) is 38.7 Å². The number of rotatable bonds is 6. The predicted molar refractivity (Wildman–Crippen MR) is 71.4 cm³/mol. The molecule has 0 aliphatic heterocycles. The number of benzene rings is 1. The molecular weight excluding hydrogens is 228 g/mol. The van der Waals surface area contributed by atoms with Crippen LogP contribution in [0.4, 0.5) is 0 Å². The third kappa shape index (κ3) is 2.32. The fraction of sp³-hybridized carbons (Fsp3) is 0.600. The van der Waals surface area contributed by atoms with E-state index in [1.807, 2.05) is 26.0 Å². The van der Waals surface area contributed by atoms with E-state index >= 15 is 0 Å². The Labute approximate surface area is 109 Å². The maximum absolute atomic E-state index is 9.61. The zero-order chi connectivity index (χ0) is 13.0. The number of aliphatic hydroxyl groups excluding tert-OH is 1. The van der Waals surface area contributed by atoms with E-state index < -0.39 is 0 Å². The molecular formula is C15H22O3. The molecule has 1 N–H and O–H groups in total. The summed E-state index contributed by atoms with van der Waals surface area (Å²) in [4.78, 5) is 0. The predicted octanol–water partition coefficient (Wildman–Crippen LogP) is 2.90. The summed E-state index contributed by atoms with van der Waals surface area (Å²) < 4.78 is 11.2. The molecule has 0 aromatic heterocycles. The van der Waals surface area contributed by atoms with Crippen molar-refractivity contribution in [1.82, 2.24) is 0 Å². The van der Waals surface area contributed by atoms with Crippen LogP contribution in [0.3, 0.4) is 0 Å². The van der Waals surface area contributed by atoms with Gasteiger partial charge in [-0.3, -0.25) is 0 Å². The first-order valence-corrected chi connectivity index (χ1v) is 6.76. The number of aliphatic hydroxyl groups is 1. The van der Waals surface area contributed by atoms with Crippen molar-refractivity contribution in [3.63, 3.8) is 0 Å². The van der Waals surface area contributed by atoms with Gasteiger partial charge in [-0.05, 0) is 44.4 Å². The smallest absolute Gasteiger partial charge is 0.161 e. The average molecular weight is 250 g/mol. The molecule has 0 bridgehead atoms. The molecule has 0 radical (unpaired) electrons. The Kier molecular flexibility index (Phi) is 4.12. The Hall–Kier alpha value is -1.22. The molecule has 3 nitrogen and oxygen atoms in total. The van der Waals surface area contributed by atoms with Gasteiger partial charge in [-0.2, -0.15) is 0 Å². The highest BCUT2D eigenvalue weighted by Crippen LogP contribution is 2.45. The van der Waals surface area contributed by atoms with Gasteiger partial charge in [-0.15, -0.1) is 0 Å². The highest BCUT2D eigenvalue weighted by molar-refractivity contribution is 5.46. The van der Waals surface area contributed by atoms with E-state index in [0.717, 1.165) is 24.3 Å². The number of ether oxygens (including phenoxy) is 2. The molecule has 1 fully saturated rings. The van der Waals surface area contributed by atoms with E-state index in [-0.39, 0.29) is 12.0 Å². The molecule has 100 valence electrons. The van der Waals surface area contributed by atoms with Crippen molar-refractivity contribution in [3.8, 4) is 11.5 Å². The summed E-state index contributed by atoms with van der Waals surface area (Å²) in [5.41, 5.74) is 1.12. The molecule has 1 aliphatic carbocycles. The molecule has 0 unspecified atom stereocenters. The highest BCUT2D eigenvalue weighted by Gasteiger charge is 2.38. The largest absolute Gasteiger partial charge is 0.490 e. The molecule has 0 heterocycles. The van der Waals surface area contributed by atoms with Crippen molar-refractivity contribution < 1.29 is 14.6 Å². The second-order valence-corrected chi connectivity index (χ2v) is 4.82. The first-order valence-electron chi connectivity index (χ1n) is 6.76. The summed E-state index contributed by atoms with van der Waals surface area (Å²) in [6.45, 7) is 5.39. The van der Waals surface area contributed by atoms with Crippen molar-refractivity contribution in [2.45, 2.75) is 38.5 Å². The van der Waals surface area contributed by atoms with Gasteiger partial charge < -0.3 is 14.6 Å². The summed E-state index contributed by atoms with van der Waals surface area (Å²) >= 11 is 0. The average Bonchev–Trinajstić information content (AvgIpc) is 2.32. The summed E-state index contributed by atoms with van der Waals surface area (Å²) in [6.07, 6.45) is 3.31. The van der Waals surface area contributed by atoms with Gasteiger partial charge in [0, 0.05) is 5.41 Å². The van der Waals surface area contributed by atoms with E-state index in [1.165, 1.54) is 12.0 Å². The van der Waals surface area contributed by atoms with Crippen LogP contribution in [0.5, 0.6) is 11.5 Å². The minimum absolute atomic E-state index is 0.0450. The zero-order valence-electron chi connectivity index (χ0n) is 11.2. The Balaban J connectivity index is 2.30. The van der Waals surface area contributed by atoms with Gasteiger partial charge >= 0.3 is 0 Å². The van der Waals surface area contributed by atoms with Gasteiger partial charge in [0.1, 0.15) is 0 Å². The van der Waals surface area contributed by atoms with Crippen molar-refractivity contribution >= 4 is 0 Å². The van der Waals surface area contributed by atoms with Gasteiger partial charge in [-0.25, -0.2) is 0 Å². The minimum Gasteiger partial charge on any atom is -0.490 e. The van der Waals surface area contributed by atoms with E-state index in [1.54, 1.807) is 0 Å². The van der Waals surface area contributed by atoms with Crippen LogP contribution in [0.2, 0.25) is 0 Å². The van der Waals surface area contributed by atoms with Crippen LogP contribution in [0.15, 0.2) is 18.2 Å². The summed E-state index contributed by atoms with van der Waals surface area (Å²) in [5.74, 6) is 1.58. The lowest BCUT2D eigenvalue weighted by molar-refractivity contribution is 0.120. The molecule has 0 amide bonds. The number of hydrogen-bond donors (Lipinski definition) is 1. The SMILES string of the molecule is CCOc1ccc(C2(CO)CCC2)cc1OCC. The molecule has 1 aromatic rings. The Morgan fingerprint density at radius 2 is 1.78 bits per heavy atom. The lowest BCUT2D eigenvalue weighted by Crippen LogP contribution is -2.37. The van der Waals surface area contributed by atoms with E-state index in [9.17, 15) is 5.11 Å². The van der Waals surface area contributed by atoms with Crippen molar-refractivity contribution in [2.24, 2.45) is 0 Å². The van der Waals surface area contributed by atoms with Gasteiger partial charge in [0.2, 0.25) is 0 Å². The van der Waals surface area contributed by atoms with E-state index in [0.29, 0.717) is 13.2 Å². The van der Waals surface area contributed by atoms with Crippen LogP contribution < -0.4 is 9.47 Å². The molecule has 1 aromatic carbocycles. The standard InChI is InChI=1S/C15H22O3/c1-3-17-13-7-6-12(10-14(13)18-4-2)15(11-16)8-5-9-15/h6-7,10,16H,3-5,8-9,11H2,1-2H3. The first-order chi connectivity index (χ1) is 8.75. The maximum atomic E-state index is 9.61. The lowest BCUT2D eigenvalue weighted by atomic mass is 9.65. The zero-order valence-corrected chi connectivity index (χ0v) is 11.2. The molecule has 3 heteroatoms. The van der Waals surface area contributed by atoms with Crippen LogP contribution >= 0.6 is 0 Å². The van der Waals surface area contributed by atoms with Gasteiger partial charge in [-0.1, -0.05) is 12.5 Å². The monoisotopic (exact) mass is 250 g/mol. The molecule has 1 saturated carbocycles. The minimum atomic E-state index is -0.0450. The molecule has 0 saturated heterocycles. The summed E-state index contributed by atoms with van der Waals surface area (Å²) in [7, 11) is 0. The molecule has 1 aliphatic rings. The fourth-order valence-electron chi connectivity index (χ4n) is 2.52. The molecule has 0 atom stereocenters. The summed E-state index contributed by atoms with van der Waals surface area (Å²) in [6, 6.07) is 6.05. The van der Waals surface area contributed by atoms with E-state index in [4.69, 9.17) is 9.47 Å². The quantitative estimate of drug-likeness (QED) is 0.843. The Morgan fingerprint density at radius 1 is 1.11 bits per heavy atom. The normalized spacial score (nSPS) is 17.1. The van der Waals surface area contributed by atoms with Crippen LogP contribution in [-0.4, -0.2) is 24.9 Å². The van der Waals surface area contributed by atoms with Gasteiger partial charge in [0.05, 0.1) is 19.8 Å². The second kappa shape index (κ2) is 5.61. The topological polar surface area (TPSA) is 38.7 Å². The Morgan fingerprint density at radius 3 is 2.28 bits per heavy atom. The molecule has 0 spiro atoms. The first kappa shape index (κ1) is 13.2. The van der Waals surface area contributed by atoms with Gasteiger partial charge in [0.25, 0.3) is 0 Å². The van der Waals surface area contributed by atoms with Crippen LogP contribution in [-0.2, 0) is 5.41 Å². The highest BCUT2D eigenvalue weighted by atomic mass is 16.5. The molecule has 2 rings (SSSR count). The fourth-order valence-corrected chi connectivity index (χ4v) is 2.52. The third-order valence-corrected chi connectivity index (χ3v) is 3.77. The maximum Gasteiger partial charge on any atom is 0.161 e. The van der Waals surface area contributed by atoms with Gasteiger partial charge in [0.15, 0.2) is 11.5 Å². The van der Waals surface area contributed by atoms with Crippen molar-refractivity contribution in [3.05, 3.63) is 23.8 Å². The second-order valence-electron chi connectivity index (χ2n) is 4.82. The number of hydrogen-bond acceptors (Lipinski definition) is 3. The van der Waals surface area contributed by atoms with Crippen LogP contribution in [0, 0.1) is 0 Å². The van der Waals surface area contributed by atoms with E-state index in [2.05, 4.69) is 6.07 Å². The third-order valence-electron chi connectivity index (χ3n) is 3.77. The molecule has 18 heavy (non-hydrogen) atoms. The summed E-state index contributed by atoms with van der Waals surface area (Å²) in [5, 5.41) is 9.61. The van der Waals surface area contributed by atoms with Crippen molar-refractivity contribution in [1.29, 1.82) is 0 Å². The lowest BCUT2D eigenvalue weighted by Gasteiger charge is -2.41. The van der Waals surface area contributed by atoms with Crippen LogP contribution in [0.25, 0.3) is 0 Å². The Bertz CT molecular complexity index is 391.